The van der Waals surface area contributed by atoms with E-state index >= 15 is 0 Å². The highest BCUT2D eigenvalue weighted by Crippen LogP contribution is 2.32. The molecule has 0 aliphatic heterocycles. The van der Waals surface area contributed by atoms with Gasteiger partial charge in [0, 0.05) is 0 Å². The first-order valence-corrected chi connectivity index (χ1v) is 6.80. The van der Waals surface area contributed by atoms with E-state index in [1.807, 2.05) is 13.8 Å². The van der Waals surface area contributed by atoms with Crippen LogP contribution in [-0.4, -0.2) is 43.3 Å². The summed E-state index contributed by atoms with van der Waals surface area (Å²) in [6, 6.07) is 4.59. The normalized spacial score (nSPS) is 12.2. The third-order valence-electron chi connectivity index (χ3n) is 2.80. The van der Waals surface area contributed by atoms with Crippen LogP contribution >= 0.6 is 0 Å². The SMILES string of the molecule is CCCOc1ccc(C(C(=O)O)N(C)C)cc1OCC. The Morgan fingerprint density at radius 2 is 1.95 bits per heavy atom. The molecule has 20 heavy (non-hydrogen) atoms. The summed E-state index contributed by atoms with van der Waals surface area (Å²) in [5.74, 6) is 0.353. The van der Waals surface area contributed by atoms with E-state index in [-0.39, 0.29) is 0 Å². The molecule has 0 aliphatic rings. The molecule has 0 saturated carbocycles. The van der Waals surface area contributed by atoms with Crippen molar-refractivity contribution in [3.63, 3.8) is 0 Å². The van der Waals surface area contributed by atoms with Crippen molar-refractivity contribution in [2.75, 3.05) is 27.3 Å². The number of carboxylic acids is 1. The van der Waals surface area contributed by atoms with E-state index < -0.39 is 12.0 Å². The highest BCUT2D eigenvalue weighted by atomic mass is 16.5. The van der Waals surface area contributed by atoms with Crippen LogP contribution in [0.1, 0.15) is 31.9 Å². The van der Waals surface area contributed by atoms with Gasteiger partial charge < -0.3 is 14.6 Å². The van der Waals surface area contributed by atoms with E-state index in [9.17, 15) is 9.90 Å². The zero-order chi connectivity index (χ0) is 15.1. The fourth-order valence-electron chi connectivity index (χ4n) is 1.96. The van der Waals surface area contributed by atoms with Crippen LogP contribution in [0.2, 0.25) is 0 Å². The van der Waals surface area contributed by atoms with Crippen molar-refractivity contribution in [2.24, 2.45) is 0 Å². The molecule has 1 rings (SSSR count). The molecule has 5 heteroatoms. The molecule has 1 N–H and O–H groups in total. The Morgan fingerprint density at radius 1 is 1.25 bits per heavy atom. The Morgan fingerprint density at radius 3 is 2.45 bits per heavy atom. The Kier molecular flexibility index (Phi) is 6.31. The van der Waals surface area contributed by atoms with Crippen molar-refractivity contribution in [2.45, 2.75) is 26.3 Å². The van der Waals surface area contributed by atoms with Gasteiger partial charge in [-0.15, -0.1) is 0 Å². The summed E-state index contributed by atoms with van der Waals surface area (Å²) in [5, 5.41) is 9.31. The molecule has 0 fully saturated rings. The van der Waals surface area contributed by atoms with E-state index in [2.05, 4.69) is 0 Å². The van der Waals surface area contributed by atoms with Gasteiger partial charge in [-0.2, -0.15) is 0 Å². The number of benzene rings is 1. The maximum atomic E-state index is 11.4. The standard InChI is InChI=1S/C15H23NO4/c1-5-9-20-12-8-7-11(10-13(12)19-6-2)14(15(17)18)16(3)4/h7-8,10,14H,5-6,9H2,1-4H3,(H,17,18). The smallest absolute Gasteiger partial charge is 0.325 e. The molecule has 5 nitrogen and oxygen atoms in total. The Bertz CT molecular complexity index is 445. The molecule has 1 atom stereocenters. The Balaban J connectivity index is 3.10. The van der Waals surface area contributed by atoms with E-state index in [1.54, 1.807) is 37.2 Å². The second-order valence-corrected chi connectivity index (χ2v) is 4.69. The summed E-state index contributed by atoms with van der Waals surface area (Å²) in [6.45, 7) is 5.03. The predicted molar refractivity (Wildman–Crippen MR) is 77.5 cm³/mol. The number of rotatable bonds is 8. The van der Waals surface area contributed by atoms with Crippen LogP contribution in [0.15, 0.2) is 18.2 Å². The minimum Gasteiger partial charge on any atom is -0.490 e. The van der Waals surface area contributed by atoms with Gasteiger partial charge in [0.2, 0.25) is 0 Å². The lowest BCUT2D eigenvalue weighted by atomic mass is 10.1. The maximum Gasteiger partial charge on any atom is 0.325 e. The Hall–Kier alpha value is -1.75. The zero-order valence-electron chi connectivity index (χ0n) is 12.5. The van der Waals surface area contributed by atoms with E-state index in [0.717, 1.165) is 6.42 Å². The number of ether oxygens (including phenoxy) is 2. The average Bonchev–Trinajstić information content (AvgIpc) is 2.37. The molecule has 0 amide bonds. The van der Waals surface area contributed by atoms with Gasteiger partial charge >= 0.3 is 5.97 Å². The molecule has 0 bridgehead atoms. The monoisotopic (exact) mass is 281 g/mol. The van der Waals surface area contributed by atoms with Gasteiger partial charge in [0.15, 0.2) is 11.5 Å². The third-order valence-corrected chi connectivity index (χ3v) is 2.80. The first-order chi connectivity index (χ1) is 9.51. The molecule has 112 valence electrons. The maximum absolute atomic E-state index is 11.4. The summed E-state index contributed by atoms with van der Waals surface area (Å²) in [6.07, 6.45) is 0.906. The second-order valence-electron chi connectivity index (χ2n) is 4.69. The van der Waals surface area contributed by atoms with E-state index in [0.29, 0.717) is 30.3 Å². The molecule has 0 heterocycles. The van der Waals surface area contributed by atoms with Crippen LogP contribution in [0.3, 0.4) is 0 Å². The largest absolute Gasteiger partial charge is 0.490 e. The van der Waals surface area contributed by atoms with Gasteiger partial charge in [-0.25, -0.2) is 0 Å². The molecule has 0 spiro atoms. The Labute approximate surface area is 120 Å². The first-order valence-electron chi connectivity index (χ1n) is 6.80. The van der Waals surface area contributed by atoms with Gasteiger partial charge in [0.25, 0.3) is 0 Å². The van der Waals surface area contributed by atoms with Crippen LogP contribution in [0.25, 0.3) is 0 Å². The molecule has 1 aromatic carbocycles. The zero-order valence-corrected chi connectivity index (χ0v) is 12.5. The summed E-state index contributed by atoms with van der Waals surface area (Å²) >= 11 is 0. The van der Waals surface area contributed by atoms with Crippen LogP contribution in [-0.2, 0) is 4.79 Å². The molecule has 0 aromatic heterocycles. The molecule has 0 saturated heterocycles. The van der Waals surface area contributed by atoms with Crippen molar-refractivity contribution >= 4 is 5.97 Å². The number of nitrogens with zero attached hydrogens (tertiary/aromatic N) is 1. The van der Waals surface area contributed by atoms with Crippen molar-refractivity contribution in [1.29, 1.82) is 0 Å². The highest BCUT2D eigenvalue weighted by Gasteiger charge is 2.23. The molecular formula is C15H23NO4. The lowest BCUT2D eigenvalue weighted by Crippen LogP contribution is -2.27. The van der Waals surface area contributed by atoms with Crippen LogP contribution in [0.5, 0.6) is 11.5 Å². The van der Waals surface area contributed by atoms with Crippen molar-refractivity contribution in [3.8, 4) is 11.5 Å². The van der Waals surface area contributed by atoms with E-state index in [1.165, 1.54) is 0 Å². The summed E-state index contributed by atoms with van der Waals surface area (Å²) in [4.78, 5) is 13.0. The van der Waals surface area contributed by atoms with Crippen LogP contribution in [0, 0.1) is 0 Å². The molecule has 0 radical (unpaired) electrons. The molecule has 1 unspecified atom stereocenters. The summed E-state index contributed by atoms with van der Waals surface area (Å²) in [7, 11) is 3.47. The molecular weight excluding hydrogens is 258 g/mol. The fraction of sp³-hybridized carbons (Fsp3) is 0.533. The topological polar surface area (TPSA) is 59.0 Å². The van der Waals surface area contributed by atoms with Gasteiger partial charge in [-0.1, -0.05) is 13.0 Å². The molecule has 0 aliphatic carbocycles. The lowest BCUT2D eigenvalue weighted by molar-refractivity contribution is -0.142. The van der Waals surface area contributed by atoms with Gasteiger partial charge in [0.05, 0.1) is 13.2 Å². The fourth-order valence-corrected chi connectivity index (χ4v) is 1.96. The minimum absolute atomic E-state index is 0.506. The van der Waals surface area contributed by atoms with E-state index in [4.69, 9.17) is 9.47 Å². The van der Waals surface area contributed by atoms with Crippen molar-refractivity contribution in [3.05, 3.63) is 23.8 Å². The number of carboxylic acid groups (broad SMARTS) is 1. The molecule has 1 aromatic rings. The summed E-state index contributed by atoms with van der Waals surface area (Å²) in [5.41, 5.74) is 0.676. The quantitative estimate of drug-likeness (QED) is 0.793. The minimum atomic E-state index is -0.889. The second kappa shape index (κ2) is 7.75. The van der Waals surface area contributed by atoms with Gasteiger partial charge in [0.1, 0.15) is 6.04 Å². The number of hydrogen-bond acceptors (Lipinski definition) is 4. The predicted octanol–water partition coefficient (Wildman–Crippen LogP) is 2.56. The van der Waals surface area contributed by atoms with Crippen molar-refractivity contribution in [1.82, 2.24) is 4.90 Å². The van der Waals surface area contributed by atoms with Crippen LogP contribution in [0.4, 0.5) is 0 Å². The average molecular weight is 281 g/mol. The number of hydrogen-bond donors (Lipinski definition) is 1. The number of aliphatic carboxylic acids is 1. The van der Waals surface area contributed by atoms with Gasteiger partial charge in [-0.3, -0.25) is 9.69 Å². The first kappa shape index (κ1) is 16.3. The summed E-state index contributed by atoms with van der Waals surface area (Å²) < 4.78 is 11.2. The third kappa shape index (κ3) is 4.13. The number of likely N-dealkylation sites (N-methyl/N-ethyl adjacent to an activating group) is 1. The van der Waals surface area contributed by atoms with Gasteiger partial charge in [-0.05, 0) is 45.1 Å². The number of carbonyl (C=O) groups is 1. The van der Waals surface area contributed by atoms with Crippen LogP contribution < -0.4 is 9.47 Å². The van der Waals surface area contributed by atoms with Crippen molar-refractivity contribution < 1.29 is 19.4 Å². The lowest BCUT2D eigenvalue weighted by Gasteiger charge is -2.21. The highest BCUT2D eigenvalue weighted by molar-refractivity contribution is 5.76.